The Labute approximate surface area is 80.9 Å². The highest BCUT2D eigenvalue weighted by molar-refractivity contribution is 9.10. The summed E-state index contributed by atoms with van der Waals surface area (Å²) in [6, 6.07) is 5.26. The Morgan fingerprint density at radius 1 is 1.25 bits per heavy atom. The van der Waals surface area contributed by atoms with E-state index in [1.165, 1.54) is 0 Å². The minimum Gasteiger partial charge on any atom is -0.206 e. The molecule has 0 N–H and O–H groups in total. The largest absolute Gasteiger partial charge is 0.206 e. The fourth-order valence-electron chi connectivity index (χ4n) is 0.963. The average molecular weight is 231 g/mol. The maximum absolute atomic E-state index is 13.1. The highest BCUT2D eigenvalue weighted by Crippen LogP contribution is 2.25. The van der Waals surface area contributed by atoms with E-state index < -0.39 is 0 Å². The molecule has 0 spiro atoms. The van der Waals surface area contributed by atoms with Crippen molar-refractivity contribution in [1.82, 2.24) is 0 Å². The van der Waals surface area contributed by atoms with Crippen LogP contribution in [0.2, 0.25) is 0 Å². The van der Waals surface area contributed by atoms with Gasteiger partial charge in [0.05, 0.1) is 4.47 Å². The second kappa shape index (κ2) is 3.17. The summed E-state index contributed by atoms with van der Waals surface area (Å²) in [6.45, 7) is 6.20. The van der Waals surface area contributed by atoms with E-state index in [-0.39, 0.29) is 11.2 Å². The number of halogens is 2. The second-order valence-electron chi connectivity index (χ2n) is 3.88. The van der Waals surface area contributed by atoms with E-state index in [1.54, 1.807) is 12.1 Å². The predicted molar refractivity (Wildman–Crippen MR) is 52.8 cm³/mol. The summed E-state index contributed by atoms with van der Waals surface area (Å²) < 4.78 is 13.6. The van der Waals surface area contributed by atoms with Gasteiger partial charge in [0.15, 0.2) is 0 Å². The fraction of sp³-hybridized carbons (Fsp3) is 0.400. The molecule has 2 heteroatoms. The smallest absolute Gasteiger partial charge is 0.137 e. The third-order valence-electron chi connectivity index (χ3n) is 1.79. The van der Waals surface area contributed by atoms with E-state index in [4.69, 9.17) is 0 Å². The third kappa shape index (κ3) is 2.07. The monoisotopic (exact) mass is 230 g/mol. The van der Waals surface area contributed by atoms with Gasteiger partial charge in [-0.15, -0.1) is 0 Å². The van der Waals surface area contributed by atoms with E-state index in [9.17, 15) is 4.39 Å². The van der Waals surface area contributed by atoms with Crippen molar-refractivity contribution in [2.75, 3.05) is 0 Å². The molecule has 0 radical (unpaired) electrons. The van der Waals surface area contributed by atoms with Crippen molar-refractivity contribution < 1.29 is 4.39 Å². The van der Waals surface area contributed by atoms with E-state index in [0.717, 1.165) is 5.56 Å². The van der Waals surface area contributed by atoms with Crippen molar-refractivity contribution in [3.8, 4) is 0 Å². The first kappa shape index (κ1) is 9.72. The van der Waals surface area contributed by atoms with E-state index in [1.807, 2.05) is 6.07 Å². The van der Waals surface area contributed by atoms with E-state index >= 15 is 0 Å². The van der Waals surface area contributed by atoms with Crippen LogP contribution in [0.1, 0.15) is 26.3 Å². The molecule has 0 aliphatic rings. The van der Waals surface area contributed by atoms with Crippen LogP contribution < -0.4 is 0 Å². The summed E-state index contributed by atoms with van der Waals surface area (Å²) in [5, 5.41) is 0. The predicted octanol–water partition coefficient (Wildman–Crippen LogP) is 3.89. The number of hydrogen-bond donors (Lipinski definition) is 0. The van der Waals surface area contributed by atoms with Crippen LogP contribution in [0, 0.1) is 5.82 Å². The SMILES string of the molecule is CC(C)(C)c1ccc(Br)c(F)c1. The van der Waals surface area contributed by atoms with Gasteiger partial charge in [-0.25, -0.2) is 4.39 Å². The molecular formula is C10H12BrF. The zero-order valence-corrected chi connectivity index (χ0v) is 9.07. The molecule has 0 fully saturated rings. The van der Waals surface area contributed by atoms with Gasteiger partial charge in [-0.2, -0.15) is 0 Å². The van der Waals surface area contributed by atoms with E-state index in [0.29, 0.717) is 4.47 Å². The molecule has 0 saturated heterocycles. The van der Waals surface area contributed by atoms with Crippen molar-refractivity contribution in [3.05, 3.63) is 34.1 Å². The first-order valence-electron chi connectivity index (χ1n) is 3.87. The molecule has 0 atom stereocenters. The topological polar surface area (TPSA) is 0 Å². The maximum Gasteiger partial charge on any atom is 0.137 e. The first-order valence-corrected chi connectivity index (χ1v) is 4.66. The lowest BCUT2D eigenvalue weighted by Gasteiger charge is -2.18. The van der Waals surface area contributed by atoms with Crippen molar-refractivity contribution in [3.63, 3.8) is 0 Å². The van der Waals surface area contributed by atoms with Crippen LogP contribution in [0.4, 0.5) is 4.39 Å². The highest BCUT2D eigenvalue weighted by Gasteiger charge is 2.14. The Morgan fingerprint density at radius 2 is 1.83 bits per heavy atom. The standard InChI is InChI=1S/C10H12BrF/c1-10(2,3)7-4-5-8(11)9(12)6-7/h4-6H,1-3H3. The maximum atomic E-state index is 13.1. The van der Waals surface area contributed by atoms with Crippen molar-refractivity contribution in [1.29, 1.82) is 0 Å². The van der Waals surface area contributed by atoms with Crippen LogP contribution in [0.15, 0.2) is 22.7 Å². The van der Waals surface area contributed by atoms with Gasteiger partial charge in [0.25, 0.3) is 0 Å². The molecule has 0 heterocycles. The van der Waals surface area contributed by atoms with Gasteiger partial charge in [0, 0.05) is 0 Å². The van der Waals surface area contributed by atoms with E-state index in [2.05, 4.69) is 36.7 Å². The third-order valence-corrected chi connectivity index (χ3v) is 2.43. The molecule has 0 bridgehead atoms. The Bertz CT molecular complexity index is 286. The molecule has 12 heavy (non-hydrogen) atoms. The summed E-state index contributed by atoms with van der Waals surface area (Å²) in [4.78, 5) is 0. The second-order valence-corrected chi connectivity index (χ2v) is 4.73. The average Bonchev–Trinajstić information content (AvgIpc) is 1.92. The summed E-state index contributed by atoms with van der Waals surface area (Å²) in [5.74, 6) is -0.192. The van der Waals surface area contributed by atoms with Gasteiger partial charge < -0.3 is 0 Å². The molecule has 0 amide bonds. The number of benzene rings is 1. The Kier molecular flexibility index (Phi) is 2.57. The lowest BCUT2D eigenvalue weighted by Crippen LogP contribution is -2.11. The summed E-state index contributed by atoms with van der Waals surface area (Å²) in [7, 11) is 0. The van der Waals surface area contributed by atoms with Crippen LogP contribution >= 0.6 is 15.9 Å². The zero-order valence-electron chi connectivity index (χ0n) is 7.49. The van der Waals surface area contributed by atoms with Gasteiger partial charge in [-0.3, -0.25) is 0 Å². The molecular weight excluding hydrogens is 219 g/mol. The Hall–Kier alpha value is -0.370. The zero-order chi connectivity index (χ0) is 9.35. The molecule has 0 saturated carbocycles. The molecule has 1 aromatic rings. The summed E-state index contributed by atoms with van der Waals surface area (Å²) >= 11 is 3.12. The van der Waals surface area contributed by atoms with Gasteiger partial charge in [0.2, 0.25) is 0 Å². The van der Waals surface area contributed by atoms with Crippen molar-refractivity contribution >= 4 is 15.9 Å². The molecule has 0 nitrogen and oxygen atoms in total. The van der Waals surface area contributed by atoms with Crippen LogP contribution in [0.25, 0.3) is 0 Å². The molecule has 0 aromatic heterocycles. The Balaban J connectivity index is 3.14. The number of rotatable bonds is 0. The van der Waals surface area contributed by atoms with Crippen LogP contribution in [0.5, 0.6) is 0 Å². The minimum absolute atomic E-state index is 0.0154. The molecule has 1 aromatic carbocycles. The lowest BCUT2D eigenvalue weighted by molar-refractivity contribution is 0.570. The quantitative estimate of drug-likeness (QED) is 0.635. The van der Waals surface area contributed by atoms with Crippen LogP contribution in [-0.4, -0.2) is 0 Å². The van der Waals surface area contributed by atoms with Gasteiger partial charge in [-0.05, 0) is 39.0 Å². The Morgan fingerprint density at radius 3 is 2.25 bits per heavy atom. The van der Waals surface area contributed by atoms with Crippen LogP contribution in [0.3, 0.4) is 0 Å². The highest BCUT2D eigenvalue weighted by atomic mass is 79.9. The fourth-order valence-corrected chi connectivity index (χ4v) is 1.21. The number of hydrogen-bond acceptors (Lipinski definition) is 0. The van der Waals surface area contributed by atoms with Crippen LogP contribution in [-0.2, 0) is 5.41 Å². The molecule has 1 rings (SSSR count). The van der Waals surface area contributed by atoms with Gasteiger partial charge in [0.1, 0.15) is 5.82 Å². The normalized spacial score (nSPS) is 11.8. The summed E-state index contributed by atoms with van der Waals surface area (Å²) in [6.07, 6.45) is 0. The lowest BCUT2D eigenvalue weighted by atomic mass is 9.87. The molecule has 66 valence electrons. The minimum atomic E-state index is -0.192. The molecule has 0 aliphatic carbocycles. The van der Waals surface area contributed by atoms with Crippen molar-refractivity contribution in [2.24, 2.45) is 0 Å². The van der Waals surface area contributed by atoms with Crippen molar-refractivity contribution in [2.45, 2.75) is 26.2 Å². The van der Waals surface area contributed by atoms with Gasteiger partial charge >= 0.3 is 0 Å². The first-order chi connectivity index (χ1) is 5.41. The molecule has 0 unspecified atom stereocenters. The van der Waals surface area contributed by atoms with Gasteiger partial charge in [-0.1, -0.05) is 26.8 Å². The molecule has 0 aliphatic heterocycles. The summed E-state index contributed by atoms with van der Waals surface area (Å²) in [5.41, 5.74) is 1.03.